The Kier molecular flexibility index (Phi) is 8.50. The van der Waals surface area contributed by atoms with E-state index in [1.54, 1.807) is 0 Å². The summed E-state index contributed by atoms with van der Waals surface area (Å²) < 4.78 is 6.47. The van der Waals surface area contributed by atoms with Gasteiger partial charge in [-0.1, -0.05) is 44.2 Å². The number of ether oxygens (including phenoxy) is 1. The topological polar surface area (TPSA) is 65.4 Å². The van der Waals surface area contributed by atoms with E-state index in [0.29, 0.717) is 13.0 Å². The lowest BCUT2D eigenvalue weighted by Gasteiger charge is -2.31. The molecule has 0 bridgehead atoms. The molecule has 1 aromatic rings. The number of carbonyl (C=O) groups is 1. The molecule has 0 spiro atoms. The number of nitrogens with one attached hydrogen (secondary N) is 2. The van der Waals surface area contributed by atoms with Crippen LogP contribution in [0.2, 0.25) is 0 Å². The van der Waals surface area contributed by atoms with Crippen molar-refractivity contribution < 1.29 is 9.53 Å². The van der Waals surface area contributed by atoms with Crippen LogP contribution >= 0.6 is 0 Å². The predicted molar refractivity (Wildman–Crippen MR) is 119 cm³/mol. The standard InChI is InChI=1S/C24H35N3O2/c1-6-18(4)27(16-25)22(7-2)23(13-17(3)20-11-9-8-10-12-20)29-19(5)21-14-24(28)26-15-21/h8-13,16,18-19,21,25H,6-7,14-15H2,1-5H3,(H,26,28)/b17-13+,23-22-,25-16?/t18?,19-,21-/m1/s1. The molecule has 1 aliphatic rings. The number of benzene rings is 1. The third-order valence-electron chi connectivity index (χ3n) is 5.70. The van der Waals surface area contributed by atoms with Crippen molar-refractivity contribution >= 4 is 17.8 Å². The minimum atomic E-state index is -0.102. The van der Waals surface area contributed by atoms with Crippen LogP contribution in [0.1, 0.15) is 59.4 Å². The van der Waals surface area contributed by atoms with Gasteiger partial charge in [0, 0.05) is 24.9 Å². The molecule has 1 fully saturated rings. The van der Waals surface area contributed by atoms with Crippen LogP contribution in [0.15, 0.2) is 47.9 Å². The van der Waals surface area contributed by atoms with Crippen molar-refractivity contribution in [1.29, 1.82) is 5.41 Å². The van der Waals surface area contributed by atoms with Gasteiger partial charge in [-0.05, 0) is 50.8 Å². The van der Waals surface area contributed by atoms with Crippen LogP contribution in [-0.2, 0) is 9.53 Å². The van der Waals surface area contributed by atoms with Crippen LogP contribution in [0.3, 0.4) is 0 Å². The van der Waals surface area contributed by atoms with Crippen LogP contribution in [0.5, 0.6) is 0 Å². The Morgan fingerprint density at radius 3 is 2.52 bits per heavy atom. The summed E-state index contributed by atoms with van der Waals surface area (Å²) in [5, 5.41) is 10.9. The zero-order valence-corrected chi connectivity index (χ0v) is 18.4. The number of hydrogen-bond donors (Lipinski definition) is 2. The molecule has 1 amide bonds. The van der Waals surface area contributed by atoms with Gasteiger partial charge in [-0.2, -0.15) is 0 Å². The number of allylic oxidation sites excluding steroid dienone is 3. The van der Waals surface area contributed by atoms with Gasteiger partial charge in [0.25, 0.3) is 0 Å². The molecule has 1 unspecified atom stereocenters. The van der Waals surface area contributed by atoms with E-state index in [1.165, 1.54) is 6.34 Å². The highest BCUT2D eigenvalue weighted by atomic mass is 16.5. The third-order valence-corrected chi connectivity index (χ3v) is 5.70. The Morgan fingerprint density at radius 2 is 2.00 bits per heavy atom. The molecule has 0 aliphatic carbocycles. The second kappa shape index (κ2) is 10.8. The molecule has 3 atom stereocenters. The lowest BCUT2D eigenvalue weighted by Crippen LogP contribution is -2.32. The summed E-state index contributed by atoms with van der Waals surface area (Å²) in [6, 6.07) is 10.4. The number of rotatable bonds is 10. The Balaban J connectivity index is 2.45. The quantitative estimate of drug-likeness (QED) is 0.254. The van der Waals surface area contributed by atoms with Crippen LogP contribution in [-0.4, -0.2) is 35.8 Å². The van der Waals surface area contributed by atoms with Gasteiger partial charge in [-0.15, -0.1) is 0 Å². The second-order valence-electron chi connectivity index (χ2n) is 7.74. The normalized spacial score (nSPS) is 19.8. The molecular weight excluding hydrogens is 362 g/mol. The van der Waals surface area contributed by atoms with Crippen molar-refractivity contribution in [3.05, 3.63) is 53.4 Å². The van der Waals surface area contributed by atoms with Gasteiger partial charge in [0.15, 0.2) is 0 Å². The number of hydrogen-bond acceptors (Lipinski definition) is 3. The van der Waals surface area contributed by atoms with Crippen LogP contribution in [0, 0.1) is 11.3 Å². The maximum Gasteiger partial charge on any atom is 0.220 e. The van der Waals surface area contributed by atoms with Crippen molar-refractivity contribution in [2.45, 2.75) is 66.0 Å². The van der Waals surface area contributed by atoms with Crippen LogP contribution in [0.4, 0.5) is 0 Å². The lowest BCUT2D eigenvalue weighted by molar-refractivity contribution is -0.119. The minimum absolute atomic E-state index is 0.0865. The molecule has 5 heteroatoms. The largest absolute Gasteiger partial charge is 0.489 e. The van der Waals surface area contributed by atoms with E-state index in [1.807, 2.05) is 30.0 Å². The summed E-state index contributed by atoms with van der Waals surface area (Å²) >= 11 is 0. The highest BCUT2D eigenvalue weighted by Crippen LogP contribution is 2.27. The van der Waals surface area contributed by atoms with Gasteiger partial charge in [0.05, 0.1) is 12.0 Å². The zero-order valence-electron chi connectivity index (χ0n) is 18.4. The van der Waals surface area contributed by atoms with Crippen molar-refractivity contribution in [3.8, 4) is 0 Å². The number of nitrogens with zero attached hydrogens (tertiary/aromatic N) is 1. The minimum Gasteiger partial charge on any atom is -0.489 e. The monoisotopic (exact) mass is 397 g/mol. The van der Waals surface area contributed by atoms with Crippen molar-refractivity contribution in [1.82, 2.24) is 10.2 Å². The molecule has 1 heterocycles. The Hall–Kier alpha value is -2.56. The van der Waals surface area contributed by atoms with E-state index >= 15 is 0 Å². The highest BCUT2D eigenvalue weighted by Gasteiger charge is 2.29. The fourth-order valence-electron chi connectivity index (χ4n) is 3.57. The highest BCUT2D eigenvalue weighted by molar-refractivity contribution is 5.78. The fraction of sp³-hybridized carbons (Fsp3) is 0.500. The summed E-state index contributed by atoms with van der Waals surface area (Å²) in [4.78, 5) is 13.6. The van der Waals surface area contributed by atoms with E-state index in [4.69, 9.17) is 10.1 Å². The van der Waals surface area contributed by atoms with Crippen molar-refractivity contribution in [3.63, 3.8) is 0 Å². The van der Waals surface area contributed by atoms with Crippen molar-refractivity contribution in [2.24, 2.45) is 5.92 Å². The predicted octanol–water partition coefficient (Wildman–Crippen LogP) is 4.96. The number of carbonyl (C=O) groups excluding carboxylic acids is 1. The Bertz CT molecular complexity index is 755. The summed E-state index contributed by atoms with van der Waals surface area (Å²) in [6.07, 6.45) is 5.56. The number of amides is 1. The molecule has 1 aromatic carbocycles. The maximum atomic E-state index is 11.7. The molecule has 2 N–H and O–H groups in total. The molecule has 5 nitrogen and oxygen atoms in total. The zero-order chi connectivity index (χ0) is 21.4. The van der Waals surface area contributed by atoms with Gasteiger partial charge >= 0.3 is 0 Å². The molecule has 29 heavy (non-hydrogen) atoms. The molecule has 158 valence electrons. The van der Waals surface area contributed by atoms with Crippen LogP contribution < -0.4 is 5.32 Å². The van der Waals surface area contributed by atoms with Crippen LogP contribution in [0.25, 0.3) is 5.57 Å². The van der Waals surface area contributed by atoms with Gasteiger partial charge < -0.3 is 15.0 Å². The molecule has 0 saturated carbocycles. The lowest BCUT2D eigenvalue weighted by atomic mass is 10.0. The third kappa shape index (κ3) is 5.96. The SMILES string of the molecule is CC/C(=C(\C=C(/C)c1ccccc1)O[C@H](C)[C@H]1CNC(=O)C1)N(C=N)C(C)CC. The first kappa shape index (κ1) is 22.7. The average molecular weight is 398 g/mol. The molecule has 0 radical (unpaired) electrons. The average Bonchev–Trinajstić information content (AvgIpc) is 3.18. The maximum absolute atomic E-state index is 11.7. The molecule has 1 saturated heterocycles. The summed E-state index contributed by atoms with van der Waals surface area (Å²) in [5.41, 5.74) is 3.24. The second-order valence-corrected chi connectivity index (χ2v) is 7.74. The summed E-state index contributed by atoms with van der Waals surface area (Å²) in [5.74, 6) is 1.02. The van der Waals surface area contributed by atoms with E-state index in [0.717, 1.165) is 35.4 Å². The smallest absolute Gasteiger partial charge is 0.220 e. The van der Waals surface area contributed by atoms with Gasteiger partial charge in [-0.3, -0.25) is 10.2 Å². The first-order chi connectivity index (χ1) is 13.9. The summed E-state index contributed by atoms with van der Waals surface area (Å²) in [7, 11) is 0. The van der Waals surface area contributed by atoms with Gasteiger partial charge in [-0.25, -0.2) is 0 Å². The van der Waals surface area contributed by atoms with E-state index in [-0.39, 0.29) is 24.0 Å². The molecule has 2 rings (SSSR count). The fourth-order valence-corrected chi connectivity index (χ4v) is 3.57. The van der Waals surface area contributed by atoms with E-state index < -0.39 is 0 Å². The van der Waals surface area contributed by atoms with Gasteiger partial charge in [0.1, 0.15) is 11.9 Å². The first-order valence-electron chi connectivity index (χ1n) is 10.6. The molecule has 1 aliphatic heterocycles. The van der Waals surface area contributed by atoms with E-state index in [2.05, 4.69) is 51.2 Å². The van der Waals surface area contributed by atoms with Gasteiger partial charge in [0.2, 0.25) is 5.91 Å². The molecular formula is C24H35N3O2. The van der Waals surface area contributed by atoms with Crippen molar-refractivity contribution in [2.75, 3.05) is 6.54 Å². The first-order valence-corrected chi connectivity index (χ1v) is 10.6. The summed E-state index contributed by atoms with van der Waals surface area (Å²) in [6.45, 7) is 11.1. The Labute approximate surface area is 175 Å². The molecule has 0 aromatic heterocycles. The van der Waals surface area contributed by atoms with E-state index in [9.17, 15) is 4.79 Å². The Morgan fingerprint density at radius 1 is 1.31 bits per heavy atom.